The molecule has 0 atom stereocenters. The van der Waals surface area contributed by atoms with E-state index in [1.807, 2.05) is 24.4 Å². The van der Waals surface area contributed by atoms with Gasteiger partial charge in [0.25, 0.3) is 0 Å². The van der Waals surface area contributed by atoms with E-state index in [0.717, 1.165) is 70.4 Å². The second-order valence-corrected chi connectivity index (χ2v) is 6.89. The van der Waals surface area contributed by atoms with E-state index in [1.54, 1.807) is 0 Å². The first-order valence-electron chi connectivity index (χ1n) is 10.3. The van der Waals surface area contributed by atoms with Crippen molar-refractivity contribution in [2.24, 2.45) is 4.99 Å². The Morgan fingerprint density at radius 1 is 1.00 bits per heavy atom. The summed E-state index contributed by atoms with van der Waals surface area (Å²) in [6, 6.07) is 16.6. The molecule has 3 rings (SSSR count). The number of halogens is 1. The minimum Gasteiger partial charge on any atom is -0.370 e. The van der Waals surface area contributed by atoms with Crippen molar-refractivity contribution in [2.75, 3.05) is 56.0 Å². The number of aromatic nitrogens is 1. The maximum Gasteiger partial charge on any atom is 0.194 e. The van der Waals surface area contributed by atoms with Gasteiger partial charge in [0.05, 0.1) is 0 Å². The molecule has 6 nitrogen and oxygen atoms in total. The first-order valence-corrected chi connectivity index (χ1v) is 10.3. The molecule has 1 fully saturated rings. The lowest BCUT2D eigenvalue weighted by atomic mass is 10.2. The van der Waals surface area contributed by atoms with Crippen LogP contribution in [0.1, 0.15) is 19.8 Å². The van der Waals surface area contributed by atoms with Crippen molar-refractivity contribution in [2.45, 2.75) is 19.8 Å². The number of unbranched alkanes of at least 4 members (excludes halogenated alkanes) is 1. The first-order chi connectivity index (χ1) is 13.9. The van der Waals surface area contributed by atoms with E-state index >= 15 is 0 Å². The van der Waals surface area contributed by atoms with Crippen LogP contribution in [0.4, 0.5) is 11.5 Å². The van der Waals surface area contributed by atoms with Crippen molar-refractivity contribution >= 4 is 41.4 Å². The standard InChI is InChI=1S/C22H32N6.HI/c1-2-23-22(26-15-9-8-14-25-21-12-6-7-13-24-21)28-18-16-27(17-19-28)20-10-4-3-5-11-20;/h3-7,10-13H,2,8-9,14-19H2,1H3,(H,23,26)(H,24,25);1H. The van der Waals surface area contributed by atoms with Gasteiger partial charge in [0, 0.05) is 57.7 Å². The highest BCUT2D eigenvalue weighted by Gasteiger charge is 2.19. The Morgan fingerprint density at radius 2 is 1.76 bits per heavy atom. The fourth-order valence-corrected chi connectivity index (χ4v) is 3.35. The molecule has 1 saturated heterocycles. The quantitative estimate of drug-likeness (QED) is 0.247. The van der Waals surface area contributed by atoms with Crippen LogP contribution in [0.25, 0.3) is 0 Å². The van der Waals surface area contributed by atoms with E-state index in [2.05, 4.69) is 62.7 Å². The fraction of sp³-hybridized carbons (Fsp3) is 0.455. The third-order valence-corrected chi connectivity index (χ3v) is 4.85. The Balaban J connectivity index is 0.00000300. The van der Waals surface area contributed by atoms with Crippen molar-refractivity contribution in [3.63, 3.8) is 0 Å². The molecule has 1 aromatic heterocycles. The van der Waals surface area contributed by atoms with Gasteiger partial charge in [0.15, 0.2) is 5.96 Å². The van der Waals surface area contributed by atoms with Gasteiger partial charge >= 0.3 is 0 Å². The summed E-state index contributed by atoms with van der Waals surface area (Å²) < 4.78 is 0. The number of nitrogens with zero attached hydrogens (tertiary/aromatic N) is 4. The van der Waals surface area contributed by atoms with Crippen molar-refractivity contribution in [3.8, 4) is 0 Å². The minimum atomic E-state index is 0. The summed E-state index contributed by atoms with van der Waals surface area (Å²) in [6.45, 7) is 8.88. The smallest absolute Gasteiger partial charge is 0.194 e. The summed E-state index contributed by atoms with van der Waals surface area (Å²) in [7, 11) is 0. The van der Waals surface area contributed by atoms with Gasteiger partial charge in [-0.3, -0.25) is 4.99 Å². The number of hydrogen-bond donors (Lipinski definition) is 2. The summed E-state index contributed by atoms with van der Waals surface area (Å²) >= 11 is 0. The predicted molar refractivity (Wildman–Crippen MR) is 134 cm³/mol. The molecule has 0 aliphatic carbocycles. The van der Waals surface area contributed by atoms with Crippen molar-refractivity contribution in [1.29, 1.82) is 0 Å². The molecular formula is C22H33IN6. The van der Waals surface area contributed by atoms with Gasteiger partial charge < -0.3 is 20.4 Å². The third kappa shape index (κ3) is 7.72. The third-order valence-electron chi connectivity index (χ3n) is 4.85. The van der Waals surface area contributed by atoms with E-state index in [4.69, 9.17) is 4.99 Å². The highest BCUT2D eigenvalue weighted by Crippen LogP contribution is 2.15. The number of para-hydroxylation sites is 1. The van der Waals surface area contributed by atoms with Gasteiger partial charge in [0.2, 0.25) is 0 Å². The number of aliphatic imine (C=N–C) groups is 1. The molecule has 0 amide bonds. The topological polar surface area (TPSA) is 55.8 Å². The van der Waals surface area contributed by atoms with Crippen LogP contribution in [0.3, 0.4) is 0 Å². The van der Waals surface area contributed by atoms with Crippen LogP contribution in [-0.4, -0.2) is 61.7 Å². The summed E-state index contributed by atoms with van der Waals surface area (Å²) in [5, 5.41) is 6.81. The number of rotatable bonds is 8. The molecule has 29 heavy (non-hydrogen) atoms. The van der Waals surface area contributed by atoms with E-state index in [0.29, 0.717) is 0 Å². The maximum atomic E-state index is 4.85. The largest absolute Gasteiger partial charge is 0.370 e. The normalized spacial score (nSPS) is 14.3. The summed E-state index contributed by atoms with van der Waals surface area (Å²) in [6.07, 6.45) is 3.97. The highest BCUT2D eigenvalue weighted by atomic mass is 127. The van der Waals surface area contributed by atoms with Crippen molar-refractivity contribution < 1.29 is 0 Å². The second kappa shape index (κ2) is 13.2. The van der Waals surface area contributed by atoms with Gasteiger partial charge in [-0.1, -0.05) is 24.3 Å². The predicted octanol–water partition coefficient (Wildman–Crippen LogP) is 3.68. The van der Waals surface area contributed by atoms with E-state index in [1.165, 1.54) is 5.69 Å². The van der Waals surface area contributed by atoms with Crippen LogP contribution >= 0.6 is 24.0 Å². The van der Waals surface area contributed by atoms with Crippen molar-refractivity contribution in [3.05, 3.63) is 54.7 Å². The van der Waals surface area contributed by atoms with E-state index in [9.17, 15) is 0 Å². The Morgan fingerprint density at radius 3 is 2.45 bits per heavy atom. The Labute approximate surface area is 191 Å². The lowest BCUT2D eigenvalue weighted by molar-refractivity contribution is 0.372. The molecule has 158 valence electrons. The number of guanidine groups is 1. The lowest BCUT2D eigenvalue weighted by Crippen LogP contribution is -2.52. The SMILES string of the molecule is CCNC(=NCCCCNc1ccccn1)N1CCN(c2ccccc2)CC1.I. The van der Waals surface area contributed by atoms with Crippen LogP contribution < -0.4 is 15.5 Å². The zero-order chi connectivity index (χ0) is 19.4. The molecule has 1 aromatic carbocycles. The number of nitrogens with one attached hydrogen (secondary N) is 2. The molecule has 2 heterocycles. The monoisotopic (exact) mass is 508 g/mol. The molecular weight excluding hydrogens is 475 g/mol. The number of benzene rings is 1. The molecule has 0 spiro atoms. The summed E-state index contributed by atoms with van der Waals surface area (Å²) in [4.78, 5) is 14.0. The molecule has 2 N–H and O–H groups in total. The van der Waals surface area contributed by atoms with E-state index < -0.39 is 0 Å². The molecule has 0 saturated carbocycles. The van der Waals surface area contributed by atoms with Crippen molar-refractivity contribution in [1.82, 2.24) is 15.2 Å². The molecule has 7 heteroatoms. The molecule has 2 aromatic rings. The molecule has 1 aliphatic heterocycles. The van der Waals surface area contributed by atoms with Crippen LogP contribution in [0, 0.1) is 0 Å². The Bertz CT molecular complexity index is 702. The average molecular weight is 508 g/mol. The Kier molecular flexibility index (Phi) is 10.6. The number of pyridine rings is 1. The molecule has 0 radical (unpaired) electrons. The zero-order valence-electron chi connectivity index (χ0n) is 17.3. The van der Waals surface area contributed by atoms with E-state index in [-0.39, 0.29) is 24.0 Å². The minimum absolute atomic E-state index is 0. The molecule has 1 aliphatic rings. The van der Waals surface area contributed by atoms with Crippen LogP contribution in [0.15, 0.2) is 59.7 Å². The Hall–Kier alpha value is -2.03. The summed E-state index contributed by atoms with van der Waals surface area (Å²) in [5.74, 6) is 1.99. The molecule has 0 bridgehead atoms. The van der Waals surface area contributed by atoms with Crippen LogP contribution in [0.5, 0.6) is 0 Å². The van der Waals surface area contributed by atoms with Crippen LogP contribution in [0.2, 0.25) is 0 Å². The number of anilines is 2. The van der Waals surface area contributed by atoms with Gasteiger partial charge in [-0.15, -0.1) is 24.0 Å². The van der Waals surface area contributed by atoms with Gasteiger partial charge in [-0.05, 0) is 44.0 Å². The number of hydrogen-bond acceptors (Lipinski definition) is 4. The van der Waals surface area contributed by atoms with Gasteiger partial charge in [0.1, 0.15) is 5.82 Å². The lowest BCUT2D eigenvalue weighted by Gasteiger charge is -2.37. The number of piperazine rings is 1. The first kappa shape index (κ1) is 23.3. The summed E-state index contributed by atoms with van der Waals surface area (Å²) in [5.41, 5.74) is 1.31. The maximum absolute atomic E-state index is 4.85. The second-order valence-electron chi connectivity index (χ2n) is 6.89. The molecule has 0 unspecified atom stereocenters. The average Bonchev–Trinajstić information content (AvgIpc) is 2.77. The van der Waals surface area contributed by atoms with Crippen LogP contribution in [-0.2, 0) is 0 Å². The highest BCUT2D eigenvalue weighted by molar-refractivity contribution is 14.0. The fourth-order valence-electron chi connectivity index (χ4n) is 3.35. The van der Waals surface area contributed by atoms with Gasteiger partial charge in [-0.2, -0.15) is 0 Å². The van der Waals surface area contributed by atoms with Gasteiger partial charge in [-0.25, -0.2) is 4.98 Å². The zero-order valence-corrected chi connectivity index (χ0v) is 19.6.